The Morgan fingerprint density at radius 3 is 2.92 bits per heavy atom. The maximum absolute atomic E-state index is 12.2. The third-order valence-electron chi connectivity index (χ3n) is 2.81. The summed E-state index contributed by atoms with van der Waals surface area (Å²) in [5.41, 5.74) is 0.692. The number of hydrogen-bond donors (Lipinski definition) is 2. The minimum absolute atomic E-state index is 0.274. The summed E-state index contributed by atoms with van der Waals surface area (Å²) < 4.78 is 12.2. The molecule has 3 atom stereocenters. The van der Waals surface area contributed by atoms with Crippen molar-refractivity contribution in [1.29, 1.82) is 0 Å². The topological polar surface area (TPSA) is 32.3 Å². The molecule has 1 unspecified atom stereocenters. The summed E-state index contributed by atoms with van der Waals surface area (Å²) >= 11 is 0. The van der Waals surface area contributed by atoms with E-state index in [-0.39, 0.29) is 6.61 Å². The minimum Gasteiger partial charge on any atom is -0.396 e. The van der Waals surface area contributed by atoms with E-state index in [0.29, 0.717) is 23.5 Å². The third-order valence-corrected chi connectivity index (χ3v) is 2.81. The second-order valence-corrected chi connectivity index (χ2v) is 3.75. The lowest BCUT2D eigenvalue weighted by Gasteiger charge is -2.17. The largest absolute Gasteiger partial charge is 0.396 e. The lowest BCUT2D eigenvalue weighted by Crippen LogP contribution is -2.28. The number of aliphatic hydroxyl groups excluding tert-OH is 1. The van der Waals surface area contributed by atoms with Crippen LogP contribution in [0.2, 0.25) is 0 Å². The highest BCUT2D eigenvalue weighted by molar-refractivity contribution is 5.26. The zero-order valence-corrected chi connectivity index (χ0v) is 7.41. The van der Waals surface area contributed by atoms with E-state index in [1.54, 1.807) is 6.20 Å². The van der Waals surface area contributed by atoms with Gasteiger partial charge in [-0.1, -0.05) is 12.2 Å². The van der Waals surface area contributed by atoms with Gasteiger partial charge >= 0.3 is 0 Å². The molecule has 0 radical (unpaired) electrons. The van der Waals surface area contributed by atoms with Crippen molar-refractivity contribution in [1.82, 2.24) is 5.32 Å². The maximum Gasteiger partial charge on any atom is 0.116 e. The van der Waals surface area contributed by atoms with Gasteiger partial charge in [-0.25, -0.2) is 4.39 Å². The smallest absolute Gasteiger partial charge is 0.116 e. The predicted molar refractivity (Wildman–Crippen MR) is 48.8 cm³/mol. The SMILES string of the molecule is OC[C@H]1C[C@@H]1C1C=CC(CF)=CN1. The summed E-state index contributed by atoms with van der Waals surface area (Å²) in [5.74, 6) is 0.987. The average molecular weight is 183 g/mol. The van der Waals surface area contributed by atoms with Gasteiger partial charge < -0.3 is 10.4 Å². The minimum atomic E-state index is -0.412. The van der Waals surface area contributed by atoms with Crippen molar-refractivity contribution >= 4 is 0 Å². The third kappa shape index (κ3) is 1.75. The first-order chi connectivity index (χ1) is 6.35. The molecule has 2 rings (SSSR count). The molecule has 0 aromatic heterocycles. The van der Waals surface area contributed by atoms with Crippen molar-refractivity contribution in [2.45, 2.75) is 12.5 Å². The standard InChI is InChI=1S/C10H14FNO/c11-4-7-1-2-10(12-5-7)9-3-8(9)6-13/h1-2,5,8-10,12-13H,3-4,6H2/t8-,9+,10?/m1/s1. The first-order valence-corrected chi connectivity index (χ1v) is 4.65. The van der Waals surface area contributed by atoms with Crippen LogP contribution in [0.4, 0.5) is 4.39 Å². The molecule has 72 valence electrons. The fourth-order valence-corrected chi connectivity index (χ4v) is 1.80. The number of aliphatic hydroxyl groups is 1. The molecule has 0 aromatic rings. The molecular weight excluding hydrogens is 169 g/mol. The molecular formula is C10H14FNO. The summed E-state index contributed by atoms with van der Waals surface area (Å²) in [7, 11) is 0. The van der Waals surface area contributed by atoms with Crippen molar-refractivity contribution in [3.63, 3.8) is 0 Å². The lowest BCUT2D eigenvalue weighted by molar-refractivity contribution is 0.265. The average Bonchev–Trinajstić information content (AvgIpc) is 2.97. The van der Waals surface area contributed by atoms with E-state index >= 15 is 0 Å². The molecule has 1 aliphatic heterocycles. The van der Waals surface area contributed by atoms with Crippen LogP contribution in [-0.4, -0.2) is 24.4 Å². The van der Waals surface area contributed by atoms with Gasteiger partial charge in [-0.3, -0.25) is 0 Å². The number of dihydropyridines is 1. The number of allylic oxidation sites excluding steroid dienone is 2. The van der Waals surface area contributed by atoms with Crippen molar-refractivity contribution in [2.75, 3.05) is 13.3 Å². The highest BCUT2D eigenvalue weighted by atomic mass is 19.1. The number of alkyl halides is 1. The molecule has 2 N–H and O–H groups in total. The molecule has 1 saturated carbocycles. The van der Waals surface area contributed by atoms with E-state index < -0.39 is 6.67 Å². The fourth-order valence-electron chi connectivity index (χ4n) is 1.80. The quantitative estimate of drug-likeness (QED) is 0.684. The Morgan fingerprint density at radius 1 is 1.62 bits per heavy atom. The van der Waals surface area contributed by atoms with Crippen LogP contribution in [0, 0.1) is 11.8 Å². The van der Waals surface area contributed by atoms with Gasteiger partial charge in [0, 0.05) is 18.8 Å². The molecule has 3 heteroatoms. The molecule has 1 heterocycles. The summed E-state index contributed by atoms with van der Waals surface area (Å²) in [4.78, 5) is 0. The molecule has 0 bridgehead atoms. The van der Waals surface area contributed by atoms with Gasteiger partial charge in [-0.05, 0) is 23.8 Å². The van der Waals surface area contributed by atoms with Crippen LogP contribution in [0.3, 0.4) is 0 Å². The van der Waals surface area contributed by atoms with Gasteiger partial charge in [-0.15, -0.1) is 0 Å². The summed E-state index contributed by atoms with van der Waals surface area (Å²) in [6.45, 7) is -0.138. The second-order valence-electron chi connectivity index (χ2n) is 3.75. The van der Waals surface area contributed by atoms with E-state index in [0.717, 1.165) is 6.42 Å². The van der Waals surface area contributed by atoms with E-state index in [2.05, 4.69) is 5.32 Å². The van der Waals surface area contributed by atoms with E-state index in [1.807, 2.05) is 12.2 Å². The molecule has 0 amide bonds. The van der Waals surface area contributed by atoms with Crippen molar-refractivity contribution in [3.8, 4) is 0 Å². The molecule has 2 nitrogen and oxygen atoms in total. The molecule has 2 aliphatic rings. The second kappa shape index (κ2) is 3.50. The lowest BCUT2D eigenvalue weighted by atomic mass is 10.1. The number of halogens is 1. The van der Waals surface area contributed by atoms with Gasteiger partial charge in [0.05, 0.1) is 0 Å². The van der Waals surface area contributed by atoms with Gasteiger partial charge in [0.2, 0.25) is 0 Å². The highest BCUT2D eigenvalue weighted by Crippen LogP contribution is 2.41. The van der Waals surface area contributed by atoms with E-state index in [1.165, 1.54) is 0 Å². The van der Waals surface area contributed by atoms with Crippen LogP contribution in [0.15, 0.2) is 23.9 Å². The highest BCUT2D eigenvalue weighted by Gasteiger charge is 2.41. The first kappa shape index (κ1) is 8.75. The number of hydrogen-bond acceptors (Lipinski definition) is 2. The molecule has 1 fully saturated rings. The zero-order valence-electron chi connectivity index (χ0n) is 7.41. The number of rotatable bonds is 3. The van der Waals surface area contributed by atoms with Gasteiger partial charge in [0.15, 0.2) is 0 Å². The molecule has 0 aromatic carbocycles. The summed E-state index contributed by atoms with van der Waals surface area (Å²) in [6, 6.07) is 0.299. The Balaban J connectivity index is 1.87. The Bertz CT molecular complexity index is 249. The maximum atomic E-state index is 12.2. The normalized spacial score (nSPS) is 36.8. The van der Waals surface area contributed by atoms with E-state index in [9.17, 15) is 4.39 Å². The molecule has 1 aliphatic carbocycles. The molecule has 0 spiro atoms. The monoisotopic (exact) mass is 183 g/mol. The van der Waals surface area contributed by atoms with Crippen LogP contribution >= 0.6 is 0 Å². The van der Waals surface area contributed by atoms with Crippen LogP contribution in [0.5, 0.6) is 0 Å². The van der Waals surface area contributed by atoms with Crippen LogP contribution < -0.4 is 5.32 Å². The Hall–Kier alpha value is -0.830. The van der Waals surface area contributed by atoms with Gasteiger partial charge in [0.25, 0.3) is 0 Å². The van der Waals surface area contributed by atoms with Crippen molar-refractivity contribution < 1.29 is 9.50 Å². The van der Waals surface area contributed by atoms with Gasteiger partial charge in [0.1, 0.15) is 6.67 Å². The predicted octanol–water partition coefficient (Wildman–Crippen LogP) is 0.996. The van der Waals surface area contributed by atoms with Crippen LogP contribution in [0.1, 0.15) is 6.42 Å². The van der Waals surface area contributed by atoms with Crippen LogP contribution in [-0.2, 0) is 0 Å². The molecule has 13 heavy (non-hydrogen) atoms. The van der Waals surface area contributed by atoms with Crippen molar-refractivity contribution in [3.05, 3.63) is 23.9 Å². The number of nitrogens with one attached hydrogen (secondary N) is 1. The fraction of sp³-hybridized carbons (Fsp3) is 0.600. The summed E-state index contributed by atoms with van der Waals surface area (Å²) in [5, 5.41) is 12.0. The zero-order chi connectivity index (χ0) is 9.26. The van der Waals surface area contributed by atoms with Gasteiger partial charge in [-0.2, -0.15) is 0 Å². The first-order valence-electron chi connectivity index (χ1n) is 4.65. The van der Waals surface area contributed by atoms with E-state index in [4.69, 9.17) is 5.11 Å². The Labute approximate surface area is 77.1 Å². The Morgan fingerprint density at radius 2 is 2.46 bits per heavy atom. The van der Waals surface area contributed by atoms with Crippen LogP contribution in [0.25, 0.3) is 0 Å². The summed E-state index contributed by atoms with van der Waals surface area (Å²) in [6.07, 6.45) is 6.64. The van der Waals surface area contributed by atoms with Crippen molar-refractivity contribution in [2.24, 2.45) is 11.8 Å². The molecule has 0 saturated heterocycles. The Kier molecular flexibility index (Phi) is 2.36.